The summed E-state index contributed by atoms with van der Waals surface area (Å²) < 4.78 is 10.1. The van der Waals surface area contributed by atoms with Gasteiger partial charge in [-0.15, -0.1) is 0 Å². The number of ether oxygens (including phenoxy) is 2. The average Bonchev–Trinajstić information content (AvgIpc) is 2.79. The lowest BCUT2D eigenvalue weighted by Crippen LogP contribution is -2.47. The maximum atomic E-state index is 12.6. The van der Waals surface area contributed by atoms with E-state index in [1.54, 1.807) is 12.0 Å². The molecule has 0 aromatic carbocycles. The van der Waals surface area contributed by atoms with E-state index in [1.807, 2.05) is 0 Å². The number of amides is 1. The molecule has 0 unspecified atom stereocenters. The first-order valence-electron chi connectivity index (χ1n) is 11.9. The van der Waals surface area contributed by atoms with Crippen molar-refractivity contribution in [1.82, 2.24) is 9.88 Å². The Labute approximate surface area is 190 Å². The highest BCUT2D eigenvalue weighted by molar-refractivity contribution is 5.76. The Kier molecular flexibility index (Phi) is 9.29. The fourth-order valence-electron chi connectivity index (χ4n) is 4.31. The van der Waals surface area contributed by atoms with E-state index in [9.17, 15) is 14.7 Å². The molecule has 8 heteroatoms. The van der Waals surface area contributed by atoms with Crippen molar-refractivity contribution in [2.75, 3.05) is 45.3 Å². The fraction of sp³-hybridized carbons (Fsp3) is 0.708. The van der Waals surface area contributed by atoms with Crippen molar-refractivity contribution < 1.29 is 24.2 Å². The van der Waals surface area contributed by atoms with Gasteiger partial charge in [0.25, 0.3) is 0 Å². The highest BCUT2D eigenvalue weighted by atomic mass is 16.5. The molecule has 1 saturated heterocycles. The van der Waals surface area contributed by atoms with Crippen molar-refractivity contribution in [3.05, 3.63) is 23.4 Å². The number of unbranched alkanes of at least 4 members (excludes halogenated alkanes) is 1. The second-order valence-corrected chi connectivity index (χ2v) is 8.90. The van der Waals surface area contributed by atoms with Gasteiger partial charge >= 0.3 is 5.97 Å². The normalized spacial score (nSPS) is 17.4. The summed E-state index contributed by atoms with van der Waals surface area (Å²) >= 11 is 0. The van der Waals surface area contributed by atoms with E-state index in [2.05, 4.69) is 17.4 Å². The number of aryl methyl sites for hydroxylation is 2. The summed E-state index contributed by atoms with van der Waals surface area (Å²) in [5.41, 5.74) is 1.28. The van der Waals surface area contributed by atoms with Gasteiger partial charge in [0.2, 0.25) is 5.91 Å². The van der Waals surface area contributed by atoms with Crippen molar-refractivity contribution in [2.45, 2.75) is 69.8 Å². The van der Waals surface area contributed by atoms with E-state index in [0.717, 1.165) is 50.2 Å². The first-order valence-corrected chi connectivity index (χ1v) is 11.9. The molecule has 0 atom stereocenters. The molecular weight excluding hydrogens is 410 g/mol. The topological polar surface area (TPSA) is 101 Å². The van der Waals surface area contributed by atoms with E-state index in [1.165, 1.54) is 5.56 Å². The molecular formula is C24H37N3O5. The lowest BCUT2D eigenvalue weighted by atomic mass is 9.88. The molecule has 1 fully saturated rings. The SMILES string of the molecule is COCCCOC(=O)CC1(O)CCN(C(=O)CCCCc2ccc3c(n2)NCCC3)CC1. The third kappa shape index (κ3) is 7.45. The van der Waals surface area contributed by atoms with Crippen molar-refractivity contribution in [2.24, 2.45) is 0 Å². The van der Waals surface area contributed by atoms with E-state index in [0.29, 0.717) is 52.0 Å². The van der Waals surface area contributed by atoms with Crippen LogP contribution < -0.4 is 5.32 Å². The van der Waals surface area contributed by atoms with Crippen LogP contribution in [0.3, 0.4) is 0 Å². The van der Waals surface area contributed by atoms with Crippen molar-refractivity contribution in [3.63, 3.8) is 0 Å². The number of methoxy groups -OCH3 is 1. The van der Waals surface area contributed by atoms with Crippen LogP contribution in [-0.4, -0.2) is 72.4 Å². The van der Waals surface area contributed by atoms with Gasteiger partial charge in [0.1, 0.15) is 5.82 Å². The van der Waals surface area contributed by atoms with Crippen LogP contribution in [-0.2, 0) is 31.9 Å². The van der Waals surface area contributed by atoms with Crippen LogP contribution in [0.2, 0.25) is 0 Å². The molecule has 1 aromatic heterocycles. The summed E-state index contributed by atoms with van der Waals surface area (Å²) in [7, 11) is 1.60. The number of aliphatic hydroxyl groups is 1. The zero-order chi connectivity index (χ0) is 22.8. The Morgan fingerprint density at radius 2 is 2.00 bits per heavy atom. The summed E-state index contributed by atoms with van der Waals surface area (Å²) in [6.45, 7) is 2.77. The number of carbonyl (C=O) groups excluding carboxylic acids is 2. The highest BCUT2D eigenvalue weighted by Gasteiger charge is 2.36. The number of anilines is 1. The lowest BCUT2D eigenvalue weighted by molar-refractivity contribution is -0.152. The third-order valence-corrected chi connectivity index (χ3v) is 6.30. The zero-order valence-electron chi connectivity index (χ0n) is 19.2. The number of rotatable bonds is 11. The van der Waals surface area contributed by atoms with Crippen LogP contribution in [0.5, 0.6) is 0 Å². The minimum Gasteiger partial charge on any atom is -0.466 e. The number of piperidine rings is 1. The minimum atomic E-state index is -1.08. The molecule has 8 nitrogen and oxygen atoms in total. The van der Waals surface area contributed by atoms with Crippen LogP contribution in [0, 0.1) is 0 Å². The molecule has 178 valence electrons. The average molecular weight is 448 g/mol. The predicted octanol–water partition coefficient (Wildman–Crippen LogP) is 2.48. The van der Waals surface area contributed by atoms with Gasteiger partial charge in [0, 0.05) is 51.9 Å². The number of carbonyl (C=O) groups is 2. The monoisotopic (exact) mass is 447 g/mol. The van der Waals surface area contributed by atoms with Gasteiger partial charge in [-0.3, -0.25) is 9.59 Å². The Morgan fingerprint density at radius 1 is 1.19 bits per heavy atom. The molecule has 0 saturated carbocycles. The van der Waals surface area contributed by atoms with Gasteiger partial charge in [0.05, 0.1) is 18.6 Å². The molecule has 0 bridgehead atoms. The smallest absolute Gasteiger partial charge is 0.308 e. The summed E-state index contributed by atoms with van der Waals surface area (Å²) in [5.74, 6) is 0.744. The quantitative estimate of drug-likeness (QED) is 0.397. The Morgan fingerprint density at radius 3 is 2.78 bits per heavy atom. The van der Waals surface area contributed by atoms with Gasteiger partial charge in [0.15, 0.2) is 0 Å². The first kappa shape index (κ1) is 24.5. The molecule has 3 heterocycles. The molecule has 3 rings (SSSR count). The molecule has 0 spiro atoms. The Balaban J connectivity index is 1.31. The van der Waals surface area contributed by atoms with E-state index in [-0.39, 0.29) is 12.3 Å². The number of fused-ring (bicyclic) bond motifs is 1. The highest BCUT2D eigenvalue weighted by Crippen LogP contribution is 2.27. The molecule has 2 aliphatic heterocycles. The van der Waals surface area contributed by atoms with E-state index >= 15 is 0 Å². The van der Waals surface area contributed by atoms with Crippen molar-refractivity contribution >= 4 is 17.7 Å². The van der Waals surface area contributed by atoms with Crippen LogP contribution in [0.1, 0.15) is 62.6 Å². The van der Waals surface area contributed by atoms with Crippen LogP contribution in [0.15, 0.2) is 12.1 Å². The summed E-state index contributed by atoms with van der Waals surface area (Å²) in [5, 5.41) is 14.1. The van der Waals surface area contributed by atoms with Crippen LogP contribution in [0.4, 0.5) is 5.82 Å². The largest absolute Gasteiger partial charge is 0.466 e. The number of esters is 1. The maximum Gasteiger partial charge on any atom is 0.308 e. The van der Waals surface area contributed by atoms with Gasteiger partial charge in [-0.1, -0.05) is 6.07 Å². The molecule has 0 radical (unpaired) electrons. The van der Waals surface area contributed by atoms with Gasteiger partial charge in [-0.05, 0) is 56.6 Å². The fourth-order valence-corrected chi connectivity index (χ4v) is 4.31. The molecule has 1 amide bonds. The number of hydrogen-bond acceptors (Lipinski definition) is 7. The standard InChI is InChI=1S/C24H37N3O5/c1-31-16-5-17-32-22(29)18-24(30)11-14-27(15-12-24)21(28)8-3-2-7-20-10-9-19-6-4-13-25-23(19)26-20/h9-10,30H,2-8,11-18H2,1H3,(H,25,26). The summed E-state index contributed by atoms with van der Waals surface area (Å²) in [6.07, 6.45) is 6.78. The zero-order valence-corrected chi connectivity index (χ0v) is 19.2. The van der Waals surface area contributed by atoms with Crippen molar-refractivity contribution in [3.8, 4) is 0 Å². The second-order valence-electron chi connectivity index (χ2n) is 8.90. The number of pyridine rings is 1. The molecule has 32 heavy (non-hydrogen) atoms. The second kappa shape index (κ2) is 12.2. The van der Waals surface area contributed by atoms with E-state index in [4.69, 9.17) is 14.5 Å². The molecule has 2 aliphatic rings. The minimum absolute atomic E-state index is 0.0232. The molecule has 0 aliphatic carbocycles. The van der Waals surface area contributed by atoms with Gasteiger partial charge < -0.3 is 24.8 Å². The maximum absolute atomic E-state index is 12.6. The first-order chi connectivity index (χ1) is 15.5. The number of nitrogens with zero attached hydrogens (tertiary/aromatic N) is 2. The van der Waals surface area contributed by atoms with Crippen molar-refractivity contribution in [1.29, 1.82) is 0 Å². The molecule has 1 aromatic rings. The van der Waals surface area contributed by atoms with Gasteiger partial charge in [-0.25, -0.2) is 4.98 Å². The third-order valence-electron chi connectivity index (χ3n) is 6.30. The summed E-state index contributed by atoms with van der Waals surface area (Å²) in [6, 6.07) is 4.26. The van der Waals surface area contributed by atoms with Gasteiger partial charge in [-0.2, -0.15) is 0 Å². The Bertz CT molecular complexity index is 762. The number of aromatic nitrogens is 1. The predicted molar refractivity (Wildman–Crippen MR) is 121 cm³/mol. The summed E-state index contributed by atoms with van der Waals surface area (Å²) in [4.78, 5) is 31.0. The number of nitrogens with one attached hydrogen (secondary N) is 1. The van der Waals surface area contributed by atoms with Crippen LogP contribution in [0.25, 0.3) is 0 Å². The number of hydrogen-bond donors (Lipinski definition) is 2. The molecule has 2 N–H and O–H groups in total. The van der Waals surface area contributed by atoms with E-state index < -0.39 is 11.6 Å². The van der Waals surface area contributed by atoms with Crippen LogP contribution >= 0.6 is 0 Å². The number of likely N-dealkylation sites (tertiary alicyclic amines) is 1. The Hall–Kier alpha value is -2.19. The lowest BCUT2D eigenvalue weighted by Gasteiger charge is -2.37.